The van der Waals surface area contributed by atoms with Gasteiger partial charge in [0.2, 0.25) is 11.8 Å². The van der Waals surface area contributed by atoms with Crippen LogP contribution in [0.15, 0.2) is 77.7 Å². The molecule has 3 aromatic carbocycles. The predicted octanol–water partition coefficient (Wildman–Crippen LogP) is 5.14. The minimum Gasteiger partial charge on any atom is -0.497 e. The van der Waals surface area contributed by atoms with Crippen LogP contribution in [0.4, 0.5) is 5.69 Å². The summed E-state index contributed by atoms with van der Waals surface area (Å²) in [6.45, 7) is 3.25. The van der Waals surface area contributed by atoms with Gasteiger partial charge >= 0.3 is 0 Å². The predicted molar refractivity (Wildman–Crippen MR) is 154 cm³/mol. The normalized spacial score (nSPS) is 11.9. The number of halogens is 2. The molecule has 208 valence electrons. The first-order valence-corrected chi connectivity index (χ1v) is 14.5. The summed E-state index contributed by atoms with van der Waals surface area (Å²) >= 11 is 12.8. The Labute approximate surface area is 239 Å². The number of hydrogen-bond acceptors (Lipinski definition) is 5. The van der Waals surface area contributed by atoms with Crippen molar-refractivity contribution in [2.24, 2.45) is 0 Å². The van der Waals surface area contributed by atoms with Gasteiger partial charge < -0.3 is 15.0 Å². The van der Waals surface area contributed by atoms with Crippen LogP contribution >= 0.6 is 23.2 Å². The smallest absolute Gasteiger partial charge is 0.264 e. The second kappa shape index (κ2) is 13.7. The fourth-order valence-corrected chi connectivity index (χ4v) is 5.78. The number of carbonyl (C=O) groups is 2. The quantitative estimate of drug-likeness (QED) is 0.314. The highest BCUT2D eigenvalue weighted by Gasteiger charge is 2.33. The Morgan fingerprint density at radius 1 is 0.949 bits per heavy atom. The van der Waals surface area contributed by atoms with E-state index in [9.17, 15) is 18.0 Å². The minimum atomic E-state index is -4.16. The number of benzene rings is 3. The Bertz CT molecular complexity index is 1370. The summed E-state index contributed by atoms with van der Waals surface area (Å²) in [6.07, 6.45) is 0.712. The molecule has 3 rings (SSSR count). The number of methoxy groups -OCH3 is 1. The van der Waals surface area contributed by atoms with Gasteiger partial charge in [-0.3, -0.25) is 13.9 Å². The third kappa shape index (κ3) is 7.44. The summed E-state index contributed by atoms with van der Waals surface area (Å²) in [5, 5.41) is 3.44. The summed E-state index contributed by atoms with van der Waals surface area (Å²) in [4.78, 5) is 28.1. The molecule has 2 amide bonds. The highest BCUT2D eigenvalue weighted by molar-refractivity contribution is 7.92. The van der Waals surface area contributed by atoms with Gasteiger partial charge in [-0.15, -0.1) is 0 Å². The van der Waals surface area contributed by atoms with Crippen molar-refractivity contribution in [1.29, 1.82) is 0 Å². The first-order chi connectivity index (χ1) is 18.6. The van der Waals surface area contributed by atoms with Crippen molar-refractivity contribution in [3.05, 3.63) is 88.4 Å². The molecule has 1 N–H and O–H groups in total. The number of ether oxygens (including phenoxy) is 1. The SMILES string of the molecule is CCCNC(=O)[C@H](C)N(Cc1c(Cl)cccc1Cl)C(=O)CN(c1ccc(OC)cc1)S(=O)(=O)c1ccccc1. The van der Waals surface area contributed by atoms with Crippen LogP contribution in [0.25, 0.3) is 0 Å². The zero-order chi connectivity index (χ0) is 28.6. The molecular weight excluding hydrogens is 561 g/mol. The molecule has 0 aliphatic heterocycles. The van der Waals surface area contributed by atoms with Crippen molar-refractivity contribution in [1.82, 2.24) is 10.2 Å². The van der Waals surface area contributed by atoms with Crippen LogP contribution in [0.5, 0.6) is 5.75 Å². The van der Waals surface area contributed by atoms with Gasteiger partial charge in [0.1, 0.15) is 18.3 Å². The van der Waals surface area contributed by atoms with Gasteiger partial charge in [0.15, 0.2) is 0 Å². The summed E-state index contributed by atoms with van der Waals surface area (Å²) in [6, 6.07) is 18.2. The van der Waals surface area contributed by atoms with Crippen LogP contribution in [0.3, 0.4) is 0 Å². The van der Waals surface area contributed by atoms with Crippen LogP contribution < -0.4 is 14.4 Å². The molecule has 0 unspecified atom stereocenters. The molecule has 0 aliphatic carbocycles. The van der Waals surface area contributed by atoms with E-state index in [1.807, 2.05) is 6.92 Å². The number of carbonyl (C=O) groups excluding carboxylic acids is 2. The van der Waals surface area contributed by atoms with Gasteiger partial charge in [-0.25, -0.2) is 8.42 Å². The molecule has 0 aliphatic rings. The third-order valence-electron chi connectivity index (χ3n) is 6.08. The first kappa shape index (κ1) is 30.3. The summed E-state index contributed by atoms with van der Waals surface area (Å²) in [5.74, 6) is -0.464. The van der Waals surface area contributed by atoms with Crippen molar-refractivity contribution in [2.75, 3.05) is 24.5 Å². The summed E-state index contributed by atoms with van der Waals surface area (Å²) < 4.78 is 33.7. The number of amides is 2. The number of nitrogens with zero attached hydrogens (tertiary/aromatic N) is 2. The lowest BCUT2D eigenvalue weighted by Crippen LogP contribution is -2.51. The van der Waals surface area contributed by atoms with Gasteiger partial charge in [-0.2, -0.15) is 0 Å². The first-order valence-electron chi connectivity index (χ1n) is 12.3. The molecule has 0 saturated carbocycles. The van der Waals surface area contributed by atoms with Crippen molar-refractivity contribution in [3.8, 4) is 5.75 Å². The van der Waals surface area contributed by atoms with Crippen LogP contribution in [-0.4, -0.2) is 51.4 Å². The molecule has 39 heavy (non-hydrogen) atoms. The van der Waals surface area contributed by atoms with Crippen LogP contribution in [-0.2, 0) is 26.2 Å². The Hall–Kier alpha value is -3.27. The average molecular weight is 593 g/mol. The zero-order valence-electron chi connectivity index (χ0n) is 21.9. The number of sulfonamides is 1. The Morgan fingerprint density at radius 2 is 1.56 bits per heavy atom. The highest BCUT2D eigenvalue weighted by atomic mass is 35.5. The van der Waals surface area contributed by atoms with Gasteiger partial charge in [-0.1, -0.05) is 54.4 Å². The van der Waals surface area contributed by atoms with E-state index < -0.39 is 28.5 Å². The molecule has 0 radical (unpaired) electrons. The number of anilines is 1. The number of nitrogens with one attached hydrogen (secondary N) is 1. The molecule has 11 heteroatoms. The topological polar surface area (TPSA) is 96.0 Å². The van der Waals surface area contributed by atoms with Gasteiger partial charge in [0, 0.05) is 28.7 Å². The fraction of sp³-hybridized carbons (Fsp3) is 0.286. The highest BCUT2D eigenvalue weighted by Crippen LogP contribution is 2.29. The van der Waals surface area contributed by atoms with Crippen LogP contribution in [0.1, 0.15) is 25.8 Å². The lowest BCUT2D eigenvalue weighted by atomic mass is 10.1. The molecule has 0 heterocycles. The molecule has 1 atom stereocenters. The zero-order valence-corrected chi connectivity index (χ0v) is 24.3. The largest absolute Gasteiger partial charge is 0.497 e. The van der Waals surface area contributed by atoms with Gasteiger partial charge in [-0.05, 0) is 61.9 Å². The van der Waals surface area contributed by atoms with Crippen molar-refractivity contribution in [2.45, 2.75) is 37.8 Å². The minimum absolute atomic E-state index is 0.0167. The molecule has 0 spiro atoms. The number of hydrogen-bond donors (Lipinski definition) is 1. The molecular formula is C28H31Cl2N3O5S. The van der Waals surface area contributed by atoms with E-state index in [-0.39, 0.29) is 23.0 Å². The lowest BCUT2D eigenvalue weighted by molar-refractivity contribution is -0.139. The maximum atomic E-state index is 13.9. The van der Waals surface area contributed by atoms with Crippen molar-refractivity contribution >= 4 is 50.7 Å². The second-order valence-electron chi connectivity index (χ2n) is 8.71. The standard InChI is InChI=1S/C28H31Cl2N3O5S/c1-4-17-31-28(35)20(2)32(18-24-25(29)11-8-12-26(24)30)27(34)19-33(21-13-15-22(38-3)16-14-21)39(36,37)23-9-6-5-7-10-23/h5-16,20H,4,17-19H2,1-3H3,(H,31,35)/t20-/m0/s1. The molecule has 0 saturated heterocycles. The van der Waals surface area contributed by atoms with Crippen molar-refractivity contribution in [3.63, 3.8) is 0 Å². The Balaban J connectivity index is 2.05. The Kier molecular flexibility index (Phi) is 10.6. The average Bonchev–Trinajstić information content (AvgIpc) is 2.94. The summed E-state index contributed by atoms with van der Waals surface area (Å²) in [5.41, 5.74) is 0.707. The van der Waals surface area contributed by atoms with Crippen molar-refractivity contribution < 1.29 is 22.7 Å². The van der Waals surface area contributed by atoms with Gasteiger partial charge in [0.25, 0.3) is 10.0 Å². The molecule has 3 aromatic rings. The fourth-order valence-electron chi connectivity index (χ4n) is 3.83. The molecule has 0 bridgehead atoms. The van der Waals surface area contributed by atoms with Crippen LogP contribution in [0.2, 0.25) is 10.0 Å². The van der Waals surface area contributed by atoms with E-state index in [2.05, 4.69) is 5.32 Å². The van der Waals surface area contributed by atoms with E-state index in [1.54, 1.807) is 67.6 Å². The molecule has 0 fully saturated rings. The maximum absolute atomic E-state index is 13.9. The molecule has 0 aromatic heterocycles. The van der Waals surface area contributed by atoms with Crippen LogP contribution in [0, 0.1) is 0 Å². The Morgan fingerprint density at radius 3 is 2.13 bits per heavy atom. The van der Waals surface area contributed by atoms with E-state index in [4.69, 9.17) is 27.9 Å². The third-order valence-corrected chi connectivity index (χ3v) is 8.57. The monoisotopic (exact) mass is 591 g/mol. The van der Waals surface area contributed by atoms with E-state index in [0.717, 1.165) is 4.31 Å². The second-order valence-corrected chi connectivity index (χ2v) is 11.4. The maximum Gasteiger partial charge on any atom is 0.264 e. The summed E-state index contributed by atoms with van der Waals surface area (Å²) in [7, 11) is -2.66. The van der Waals surface area contributed by atoms with E-state index in [0.29, 0.717) is 34.3 Å². The number of rotatable bonds is 12. The van der Waals surface area contributed by atoms with E-state index >= 15 is 0 Å². The lowest BCUT2D eigenvalue weighted by Gasteiger charge is -2.32. The molecule has 8 nitrogen and oxygen atoms in total. The van der Waals surface area contributed by atoms with Gasteiger partial charge in [0.05, 0.1) is 17.7 Å². The van der Waals surface area contributed by atoms with E-state index in [1.165, 1.54) is 24.1 Å².